The fourth-order valence-corrected chi connectivity index (χ4v) is 2.61. The maximum absolute atomic E-state index is 13.7. The summed E-state index contributed by atoms with van der Waals surface area (Å²) in [5, 5.41) is 14.1. The van der Waals surface area contributed by atoms with Gasteiger partial charge in [0.15, 0.2) is 0 Å². The summed E-state index contributed by atoms with van der Waals surface area (Å²) in [6.07, 6.45) is 2.84. The first-order chi connectivity index (χ1) is 8.88. The van der Waals surface area contributed by atoms with Crippen LogP contribution >= 0.6 is 0 Å². The molecule has 0 fully saturated rings. The second kappa shape index (κ2) is 5.09. The zero-order valence-corrected chi connectivity index (χ0v) is 11.2. The molecule has 0 aromatic heterocycles. The van der Waals surface area contributed by atoms with E-state index in [0.29, 0.717) is 6.04 Å². The number of nitrogens with zero attached hydrogens (tertiary/aromatic N) is 1. The second-order valence-corrected chi connectivity index (χ2v) is 5.13. The highest BCUT2D eigenvalue weighted by molar-refractivity contribution is 5.71. The lowest BCUT2D eigenvalue weighted by Crippen LogP contribution is -2.36. The highest BCUT2D eigenvalue weighted by atomic mass is 19.1. The number of aryl methyl sites for hydroxylation is 1. The standard InChI is InChI=1S/C14H17FN2O2/c1-8-4-14(17(18)19)13(15)7-12(8)11-5-9(2)16-10(3)6-11/h4-5,7,9-10,16H,6H2,1-3H3. The predicted octanol–water partition coefficient (Wildman–Crippen LogP) is 3.20. The van der Waals surface area contributed by atoms with Gasteiger partial charge in [-0.2, -0.15) is 4.39 Å². The van der Waals surface area contributed by atoms with E-state index in [0.717, 1.165) is 23.1 Å². The van der Waals surface area contributed by atoms with Crippen molar-refractivity contribution in [2.45, 2.75) is 39.3 Å². The van der Waals surface area contributed by atoms with Crippen LogP contribution in [0, 0.1) is 22.9 Å². The van der Waals surface area contributed by atoms with Crippen molar-refractivity contribution >= 4 is 11.3 Å². The lowest BCUT2D eigenvalue weighted by atomic mass is 9.90. The SMILES string of the molecule is Cc1cc([N+](=O)[O-])c(F)cc1C1=CC(C)NC(C)C1. The molecule has 1 aliphatic heterocycles. The molecule has 0 spiro atoms. The molecule has 0 amide bonds. The van der Waals surface area contributed by atoms with Crippen LogP contribution in [0.5, 0.6) is 0 Å². The van der Waals surface area contributed by atoms with Crippen LogP contribution < -0.4 is 5.32 Å². The van der Waals surface area contributed by atoms with Crippen LogP contribution in [0.15, 0.2) is 18.2 Å². The minimum Gasteiger partial charge on any atom is -0.308 e. The second-order valence-electron chi connectivity index (χ2n) is 5.13. The fourth-order valence-electron chi connectivity index (χ4n) is 2.61. The molecule has 1 aromatic carbocycles. The van der Waals surface area contributed by atoms with Gasteiger partial charge in [-0.05, 0) is 50.0 Å². The Morgan fingerprint density at radius 2 is 2.11 bits per heavy atom. The normalized spacial score (nSPS) is 23.1. The topological polar surface area (TPSA) is 55.2 Å². The molecule has 0 saturated heterocycles. The van der Waals surface area contributed by atoms with Crippen molar-refractivity contribution in [2.75, 3.05) is 0 Å². The summed E-state index contributed by atoms with van der Waals surface area (Å²) in [6, 6.07) is 3.12. The van der Waals surface area contributed by atoms with Gasteiger partial charge in [-0.3, -0.25) is 10.1 Å². The van der Waals surface area contributed by atoms with Crippen LogP contribution in [0.2, 0.25) is 0 Å². The van der Waals surface area contributed by atoms with Gasteiger partial charge in [0.25, 0.3) is 0 Å². The summed E-state index contributed by atoms with van der Waals surface area (Å²) < 4.78 is 13.7. The van der Waals surface area contributed by atoms with Crippen LogP contribution in [0.1, 0.15) is 31.4 Å². The van der Waals surface area contributed by atoms with Gasteiger partial charge in [-0.1, -0.05) is 6.08 Å². The zero-order chi connectivity index (χ0) is 14.2. The molecule has 1 aromatic rings. The Morgan fingerprint density at radius 3 is 2.68 bits per heavy atom. The van der Waals surface area contributed by atoms with Crippen LogP contribution in [0.4, 0.5) is 10.1 Å². The molecule has 2 atom stereocenters. The van der Waals surface area contributed by atoms with Crippen molar-refractivity contribution in [3.8, 4) is 0 Å². The van der Waals surface area contributed by atoms with E-state index in [-0.39, 0.29) is 6.04 Å². The van der Waals surface area contributed by atoms with Crippen molar-refractivity contribution in [2.24, 2.45) is 0 Å². The molecule has 102 valence electrons. The molecule has 1 aliphatic rings. The first-order valence-corrected chi connectivity index (χ1v) is 6.30. The van der Waals surface area contributed by atoms with E-state index >= 15 is 0 Å². The highest BCUT2D eigenvalue weighted by Crippen LogP contribution is 2.30. The summed E-state index contributed by atoms with van der Waals surface area (Å²) in [7, 11) is 0. The Bertz CT molecular complexity index is 555. The van der Waals surface area contributed by atoms with Gasteiger partial charge in [-0.15, -0.1) is 0 Å². The highest BCUT2D eigenvalue weighted by Gasteiger charge is 2.21. The van der Waals surface area contributed by atoms with E-state index in [2.05, 4.69) is 12.2 Å². The van der Waals surface area contributed by atoms with Crippen LogP contribution in [0.25, 0.3) is 5.57 Å². The van der Waals surface area contributed by atoms with Crippen molar-refractivity contribution in [3.05, 3.63) is 45.3 Å². The van der Waals surface area contributed by atoms with E-state index in [1.54, 1.807) is 6.92 Å². The van der Waals surface area contributed by atoms with E-state index in [1.807, 2.05) is 13.0 Å². The molecular weight excluding hydrogens is 247 g/mol. The molecule has 1 N–H and O–H groups in total. The molecule has 0 aliphatic carbocycles. The Balaban J connectivity index is 2.46. The molecule has 4 nitrogen and oxygen atoms in total. The summed E-state index contributed by atoms with van der Waals surface area (Å²) >= 11 is 0. The van der Waals surface area contributed by atoms with Crippen molar-refractivity contribution < 1.29 is 9.31 Å². The number of nitro groups is 1. The number of halogens is 1. The van der Waals surface area contributed by atoms with E-state index in [4.69, 9.17) is 0 Å². The Morgan fingerprint density at radius 1 is 1.42 bits per heavy atom. The van der Waals surface area contributed by atoms with Gasteiger partial charge in [0, 0.05) is 18.2 Å². The number of nitro benzene ring substituents is 1. The molecule has 5 heteroatoms. The third kappa shape index (κ3) is 2.81. The largest absolute Gasteiger partial charge is 0.308 e. The van der Waals surface area contributed by atoms with E-state index < -0.39 is 16.4 Å². The van der Waals surface area contributed by atoms with E-state index in [9.17, 15) is 14.5 Å². The molecule has 2 unspecified atom stereocenters. The summed E-state index contributed by atoms with van der Waals surface area (Å²) in [5.41, 5.74) is 2.09. The smallest absolute Gasteiger partial charge is 0.305 e. The average molecular weight is 264 g/mol. The van der Waals surface area contributed by atoms with Crippen molar-refractivity contribution in [1.29, 1.82) is 0 Å². The number of hydrogen-bond acceptors (Lipinski definition) is 3. The maximum Gasteiger partial charge on any atom is 0.305 e. The quantitative estimate of drug-likeness (QED) is 0.659. The summed E-state index contributed by atoms with van der Waals surface area (Å²) in [4.78, 5) is 10.0. The van der Waals surface area contributed by atoms with Crippen molar-refractivity contribution in [1.82, 2.24) is 5.32 Å². The van der Waals surface area contributed by atoms with Gasteiger partial charge in [0.2, 0.25) is 5.82 Å². The third-order valence-corrected chi connectivity index (χ3v) is 3.36. The lowest BCUT2D eigenvalue weighted by molar-refractivity contribution is -0.387. The number of rotatable bonds is 2. The van der Waals surface area contributed by atoms with Crippen LogP contribution in [-0.4, -0.2) is 17.0 Å². The first kappa shape index (κ1) is 13.7. The summed E-state index contributed by atoms with van der Waals surface area (Å²) in [6.45, 7) is 5.88. The van der Waals surface area contributed by atoms with Crippen LogP contribution in [-0.2, 0) is 0 Å². The van der Waals surface area contributed by atoms with Gasteiger partial charge >= 0.3 is 5.69 Å². The van der Waals surface area contributed by atoms with Gasteiger partial charge < -0.3 is 5.32 Å². The monoisotopic (exact) mass is 264 g/mol. The van der Waals surface area contributed by atoms with Gasteiger partial charge in [0.05, 0.1) is 4.92 Å². The third-order valence-electron chi connectivity index (χ3n) is 3.36. The molecule has 0 bridgehead atoms. The first-order valence-electron chi connectivity index (χ1n) is 6.30. The Kier molecular flexibility index (Phi) is 3.66. The zero-order valence-electron chi connectivity index (χ0n) is 11.2. The minimum absolute atomic E-state index is 0.219. The maximum atomic E-state index is 13.7. The molecular formula is C14H17FN2O2. The van der Waals surface area contributed by atoms with Crippen molar-refractivity contribution in [3.63, 3.8) is 0 Å². The van der Waals surface area contributed by atoms with Gasteiger partial charge in [-0.25, -0.2) is 0 Å². The molecule has 1 heterocycles. The Labute approximate surface area is 111 Å². The number of nitrogens with one attached hydrogen (secondary N) is 1. The molecule has 2 rings (SSSR count). The average Bonchev–Trinajstić information content (AvgIpc) is 2.30. The lowest BCUT2D eigenvalue weighted by Gasteiger charge is -2.26. The number of hydrogen-bond donors (Lipinski definition) is 1. The molecule has 0 radical (unpaired) electrons. The fraction of sp³-hybridized carbons (Fsp3) is 0.429. The summed E-state index contributed by atoms with van der Waals surface area (Å²) in [5.74, 6) is -0.773. The molecule has 0 saturated carbocycles. The molecule has 19 heavy (non-hydrogen) atoms. The Hall–Kier alpha value is -1.75. The minimum atomic E-state index is -0.773. The number of benzene rings is 1. The predicted molar refractivity (Wildman–Crippen MR) is 72.4 cm³/mol. The van der Waals surface area contributed by atoms with Gasteiger partial charge in [0.1, 0.15) is 0 Å². The van der Waals surface area contributed by atoms with E-state index in [1.165, 1.54) is 12.1 Å². The van der Waals surface area contributed by atoms with Crippen LogP contribution in [0.3, 0.4) is 0 Å².